The van der Waals surface area contributed by atoms with Gasteiger partial charge in [0.15, 0.2) is 5.82 Å². The van der Waals surface area contributed by atoms with Crippen molar-refractivity contribution in [2.45, 2.75) is 45.4 Å². The van der Waals surface area contributed by atoms with Gasteiger partial charge in [-0.15, -0.1) is 5.10 Å². The zero-order chi connectivity index (χ0) is 24.9. The summed E-state index contributed by atoms with van der Waals surface area (Å²) in [6.07, 6.45) is 0.986. The lowest BCUT2D eigenvalue weighted by Gasteiger charge is -2.38. The lowest BCUT2D eigenvalue weighted by atomic mass is 9.77. The highest BCUT2D eigenvalue weighted by Crippen LogP contribution is 2.43. The molecule has 1 atom stereocenters. The molecule has 1 N–H and O–H groups in total. The van der Waals surface area contributed by atoms with E-state index in [1.807, 2.05) is 6.92 Å². The maximum absolute atomic E-state index is 13.3. The number of esters is 1. The minimum atomic E-state index is -3.08. The van der Waals surface area contributed by atoms with Gasteiger partial charge in [-0.2, -0.15) is 13.5 Å². The van der Waals surface area contributed by atoms with E-state index in [1.54, 1.807) is 12.1 Å². The molecule has 4 heterocycles. The number of carbonyl (C=O) groups excluding carboxylic acids is 2. The number of rotatable bonds is 5. The number of ether oxygens (including phenoxy) is 1. The predicted octanol–water partition coefficient (Wildman–Crippen LogP) is 2.17. The number of halogens is 2. The smallest absolute Gasteiger partial charge is 0.338 e. The molecular formula is C24H26F2N4O5. The van der Waals surface area contributed by atoms with Crippen molar-refractivity contribution in [3.63, 3.8) is 0 Å². The summed E-state index contributed by atoms with van der Waals surface area (Å²) >= 11 is 0. The fourth-order valence-electron chi connectivity index (χ4n) is 5.44. The number of amides is 1. The largest absolute Gasteiger partial charge is 0.457 e. The zero-order valence-electron chi connectivity index (χ0n) is 19.2. The van der Waals surface area contributed by atoms with Gasteiger partial charge >= 0.3 is 12.5 Å². The Morgan fingerprint density at radius 3 is 2.51 bits per heavy atom. The van der Waals surface area contributed by atoms with Gasteiger partial charge in [0.05, 0.1) is 17.1 Å². The number of nitrogens with zero attached hydrogens (tertiary/aromatic N) is 4. The van der Waals surface area contributed by atoms with Gasteiger partial charge < -0.3 is 14.7 Å². The van der Waals surface area contributed by atoms with E-state index in [1.165, 1.54) is 11.0 Å². The monoisotopic (exact) mass is 488 g/mol. The fraction of sp³-hybridized carbons (Fsp3) is 0.500. The van der Waals surface area contributed by atoms with E-state index < -0.39 is 23.6 Å². The van der Waals surface area contributed by atoms with Crippen LogP contribution in [0.15, 0.2) is 29.1 Å². The molecule has 186 valence electrons. The minimum absolute atomic E-state index is 0.0548. The number of likely N-dealkylation sites (tertiary alicyclic amines) is 1. The van der Waals surface area contributed by atoms with E-state index in [-0.39, 0.29) is 29.0 Å². The molecule has 0 bridgehead atoms. The number of benzene rings is 1. The van der Waals surface area contributed by atoms with Crippen molar-refractivity contribution in [3.8, 4) is 0 Å². The highest BCUT2D eigenvalue weighted by atomic mass is 19.3. The summed E-state index contributed by atoms with van der Waals surface area (Å²) in [5.41, 5.74) is 1.44. The number of anilines is 1. The Kier molecular flexibility index (Phi) is 5.92. The second-order valence-electron chi connectivity index (χ2n) is 9.44. The second-order valence-corrected chi connectivity index (χ2v) is 9.44. The number of hydrogen-bond acceptors (Lipinski definition) is 7. The number of alkyl halides is 2. The molecule has 9 nitrogen and oxygen atoms in total. The number of aromatic nitrogens is 2. The summed E-state index contributed by atoms with van der Waals surface area (Å²) in [5, 5.41) is 14.6. The first-order valence-electron chi connectivity index (χ1n) is 11.6. The Hall–Kier alpha value is -3.18. The first-order valence-corrected chi connectivity index (χ1v) is 11.6. The van der Waals surface area contributed by atoms with E-state index in [0.717, 1.165) is 22.8 Å². The van der Waals surface area contributed by atoms with Crippen LogP contribution in [-0.2, 0) is 16.1 Å². The lowest BCUT2D eigenvalue weighted by Crippen LogP contribution is -2.46. The van der Waals surface area contributed by atoms with Crippen LogP contribution in [0.4, 0.5) is 14.6 Å². The van der Waals surface area contributed by atoms with E-state index in [9.17, 15) is 28.3 Å². The SMILES string of the molecule is Cc1c([C@@H](O)CN2CCC3(CC2)CCN(c2ccc(=O)n(C(F)F)n2)C3=O)ccc2c1COC2=O. The summed E-state index contributed by atoms with van der Waals surface area (Å²) in [4.78, 5) is 40.1. The van der Waals surface area contributed by atoms with Crippen LogP contribution in [0.3, 0.4) is 0 Å². The van der Waals surface area contributed by atoms with Crippen LogP contribution in [0.25, 0.3) is 0 Å². The third-order valence-electron chi connectivity index (χ3n) is 7.60. The standard InChI is InChI=1S/C24H26F2N4O5/c1-14-15(2-3-16-17(14)13-35-21(16)33)18(31)12-28-9-6-24(7-10-28)8-11-29(22(24)34)19-4-5-20(32)30(27-19)23(25)26/h2-5,18,23,31H,6-13H2,1H3/t18-/m0/s1. The molecular weight excluding hydrogens is 462 g/mol. The quantitative estimate of drug-likeness (QED) is 0.643. The second kappa shape index (κ2) is 8.80. The van der Waals surface area contributed by atoms with Gasteiger partial charge in [-0.3, -0.25) is 14.5 Å². The van der Waals surface area contributed by atoms with Gasteiger partial charge in [0, 0.05) is 24.7 Å². The van der Waals surface area contributed by atoms with Crippen molar-refractivity contribution in [2.24, 2.45) is 5.41 Å². The maximum Gasteiger partial charge on any atom is 0.338 e. The van der Waals surface area contributed by atoms with Crippen LogP contribution >= 0.6 is 0 Å². The maximum atomic E-state index is 13.3. The topological polar surface area (TPSA) is 105 Å². The van der Waals surface area contributed by atoms with Crippen molar-refractivity contribution >= 4 is 17.7 Å². The van der Waals surface area contributed by atoms with Crippen LogP contribution < -0.4 is 10.5 Å². The first-order chi connectivity index (χ1) is 16.7. The lowest BCUT2D eigenvalue weighted by molar-refractivity contribution is -0.128. The van der Waals surface area contributed by atoms with Gasteiger partial charge in [-0.05, 0) is 62.5 Å². The Morgan fingerprint density at radius 2 is 1.80 bits per heavy atom. The van der Waals surface area contributed by atoms with Crippen LogP contribution in [0, 0.1) is 12.3 Å². The van der Waals surface area contributed by atoms with Crippen molar-refractivity contribution in [2.75, 3.05) is 31.1 Å². The molecule has 2 aromatic rings. The molecule has 3 aliphatic rings. The molecule has 35 heavy (non-hydrogen) atoms. The number of hydrogen-bond donors (Lipinski definition) is 1. The number of aliphatic hydroxyl groups is 1. The van der Waals surface area contributed by atoms with Crippen LogP contribution in [0.2, 0.25) is 0 Å². The summed E-state index contributed by atoms with van der Waals surface area (Å²) in [5.74, 6) is -0.452. The van der Waals surface area contributed by atoms with Crippen LogP contribution in [0.5, 0.6) is 0 Å². The highest BCUT2D eigenvalue weighted by Gasteiger charge is 2.49. The van der Waals surface area contributed by atoms with Gasteiger partial charge in [-0.25, -0.2) is 4.79 Å². The molecule has 0 saturated carbocycles. The molecule has 0 unspecified atom stereocenters. The average molecular weight is 488 g/mol. The summed E-state index contributed by atoms with van der Waals surface area (Å²) < 4.78 is 31.3. The molecule has 5 rings (SSSR count). The third kappa shape index (κ3) is 4.02. The summed E-state index contributed by atoms with van der Waals surface area (Å²) in [7, 11) is 0. The van der Waals surface area contributed by atoms with Gasteiger partial charge in [-0.1, -0.05) is 6.07 Å². The van der Waals surface area contributed by atoms with Gasteiger partial charge in [0.25, 0.3) is 5.56 Å². The van der Waals surface area contributed by atoms with Crippen molar-refractivity contribution in [3.05, 3.63) is 56.9 Å². The first kappa shape index (κ1) is 23.6. The number of carbonyl (C=O) groups is 2. The molecule has 3 aliphatic heterocycles. The Morgan fingerprint density at radius 1 is 1.09 bits per heavy atom. The Balaban J connectivity index is 1.24. The summed E-state index contributed by atoms with van der Waals surface area (Å²) in [6.45, 7) is 0.967. The number of aliphatic hydroxyl groups excluding tert-OH is 1. The Bertz CT molecular complexity index is 1240. The van der Waals surface area contributed by atoms with Crippen LogP contribution in [0.1, 0.15) is 59.0 Å². The molecule has 11 heteroatoms. The number of cyclic esters (lactones) is 1. The van der Waals surface area contributed by atoms with E-state index >= 15 is 0 Å². The molecule has 1 aromatic carbocycles. The highest BCUT2D eigenvalue weighted by molar-refractivity contribution is 5.99. The molecule has 1 spiro atoms. The zero-order valence-corrected chi connectivity index (χ0v) is 19.2. The molecule has 1 amide bonds. The average Bonchev–Trinajstić information content (AvgIpc) is 3.36. The number of β-amino-alcohol motifs (C(OH)–C–C–N with tert-alkyl or cyclic N) is 1. The van der Waals surface area contributed by atoms with Gasteiger partial charge in [0.2, 0.25) is 5.91 Å². The normalized spacial score (nSPS) is 20.5. The number of fused-ring (bicyclic) bond motifs is 1. The third-order valence-corrected chi connectivity index (χ3v) is 7.60. The van der Waals surface area contributed by atoms with E-state index in [2.05, 4.69) is 10.00 Å². The van der Waals surface area contributed by atoms with Crippen molar-refractivity contribution < 1.29 is 28.2 Å². The molecule has 2 fully saturated rings. The molecule has 1 aromatic heterocycles. The summed E-state index contributed by atoms with van der Waals surface area (Å²) in [6, 6.07) is 5.76. The van der Waals surface area contributed by atoms with E-state index in [4.69, 9.17) is 4.74 Å². The van der Waals surface area contributed by atoms with Crippen LogP contribution in [-0.4, -0.2) is 57.8 Å². The molecule has 0 aliphatic carbocycles. The fourth-order valence-corrected chi connectivity index (χ4v) is 5.44. The van der Waals surface area contributed by atoms with Gasteiger partial charge in [0.1, 0.15) is 6.61 Å². The van der Waals surface area contributed by atoms with E-state index in [0.29, 0.717) is 51.0 Å². The van der Waals surface area contributed by atoms with Crippen molar-refractivity contribution in [1.82, 2.24) is 14.7 Å². The molecule has 0 radical (unpaired) electrons. The number of piperidine rings is 1. The minimum Gasteiger partial charge on any atom is -0.457 e. The predicted molar refractivity (Wildman–Crippen MR) is 120 cm³/mol. The Labute approximate surface area is 199 Å². The molecule has 2 saturated heterocycles. The van der Waals surface area contributed by atoms with Crippen molar-refractivity contribution in [1.29, 1.82) is 0 Å².